The molecule has 156 valence electrons. The van der Waals surface area contributed by atoms with E-state index in [-0.39, 0.29) is 11.9 Å². The van der Waals surface area contributed by atoms with Gasteiger partial charge in [0.1, 0.15) is 12.1 Å². The van der Waals surface area contributed by atoms with E-state index in [9.17, 15) is 14.7 Å². The maximum absolute atomic E-state index is 12.8. The minimum Gasteiger partial charge on any atom is -0.464 e. The first-order valence-corrected chi connectivity index (χ1v) is 9.81. The molecular formula is C22H24N4O4. The standard InChI is InChI=1S/C22H24N4O4/c1-13-9-16-17(11-26(13)20(27)22(2,3)4)23-12-24-19(16)30-15-5-6-18-14(10-15)7-8-25(18)21(28)29/h5-8,10,12-13H,9,11H2,1-4H3,(H,28,29). The molecule has 30 heavy (non-hydrogen) atoms. The summed E-state index contributed by atoms with van der Waals surface area (Å²) in [6.07, 6.45) is 2.52. The zero-order valence-electron chi connectivity index (χ0n) is 17.4. The smallest absolute Gasteiger partial charge is 0.415 e. The van der Waals surface area contributed by atoms with Crippen LogP contribution in [-0.4, -0.2) is 42.6 Å². The number of benzene rings is 1. The molecule has 3 heterocycles. The summed E-state index contributed by atoms with van der Waals surface area (Å²) in [5, 5.41) is 9.99. The minimum atomic E-state index is -1.04. The van der Waals surface area contributed by atoms with E-state index in [0.717, 1.165) is 21.2 Å². The van der Waals surface area contributed by atoms with Crippen molar-refractivity contribution in [2.75, 3.05) is 0 Å². The Morgan fingerprint density at radius 2 is 1.97 bits per heavy atom. The highest BCUT2D eigenvalue weighted by atomic mass is 16.5. The van der Waals surface area contributed by atoms with Crippen LogP contribution in [0.15, 0.2) is 36.8 Å². The Morgan fingerprint density at radius 1 is 1.20 bits per heavy atom. The van der Waals surface area contributed by atoms with Crippen LogP contribution in [0.3, 0.4) is 0 Å². The molecule has 3 aromatic rings. The molecule has 0 fully saturated rings. The molecule has 0 radical (unpaired) electrons. The number of carboxylic acid groups (broad SMARTS) is 1. The third kappa shape index (κ3) is 3.49. The molecule has 0 spiro atoms. The quantitative estimate of drug-likeness (QED) is 0.686. The Kier molecular flexibility index (Phi) is 4.72. The highest BCUT2D eigenvalue weighted by molar-refractivity contribution is 5.89. The summed E-state index contributed by atoms with van der Waals surface area (Å²) < 4.78 is 7.22. The number of ether oxygens (including phenoxy) is 1. The highest BCUT2D eigenvalue weighted by Crippen LogP contribution is 2.33. The molecule has 1 aromatic carbocycles. The van der Waals surface area contributed by atoms with Gasteiger partial charge in [-0.15, -0.1) is 0 Å². The summed E-state index contributed by atoms with van der Waals surface area (Å²) >= 11 is 0. The molecule has 1 unspecified atom stereocenters. The van der Waals surface area contributed by atoms with Gasteiger partial charge in [0.2, 0.25) is 11.8 Å². The van der Waals surface area contributed by atoms with Crippen molar-refractivity contribution in [3.63, 3.8) is 0 Å². The average Bonchev–Trinajstić information content (AvgIpc) is 3.10. The van der Waals surface area contributed by atoms with Gasteiger partial charge < -0.3 is 14.7 Å². The molecule has 8 heteroatoms. The maximum atomic E-state index is 12.8. The summed E-state index contributed by atoms with van der Waals surface area (Å²) in [4.78, 5) is 34.6. The van der Waals surface area contributed by atoms with E-state index in [1.54, 1.807) is 24.3 Å². The van der Waals surface area contributed by atoms with Crippen LogP contribution in [0.25, 0.3) is 10.9 Å². The van der Waals surface area contributed by atoms with Crippen molar-refractivity contribution in [2.24, 2.45) is 5.41 Å². The zero-order valence-corrected chi connectivity index (χ0v) is 17.4. The van der Waals surface area contributed by atoms with Crippen LogP contribution >= 0.6 is 0 Å². The third-order valence-corrected chi connectivity index (χ3v) is 5.33. The van der Waals surface area contributed by atoms with Crippen LogP contribution < -0.4 is 4.74 Å². The molecule has 0 saturated heterocycles. The number of nitrogens with zero attached hydrogens (tertiary/aromatic N) is 4. The normalized spacial score (nSPS) is 16.4. The molecule has 8 nitrogen and oxygen atoms in total. The van der Waals surface area contributed by atoms with Gasteiger partial charge in [-0.1, -0.05) is 20.8 Å². The van der Waals surface area contributed by atoms with Gasteiger partial charge in [-0.05, 0) is 37.6 Å². The van der Waals surface area contributed by atoms with Crippen molar-refractivity contribution in [1.82, 2.24) is 19.4 Å². The maximum Gasteiger partial charge on any atom is 0.415 e. The predicted octanol–water partition coefficient (Wildman–Crippen LogP) is 4.07. The van der Waals surface area contributed by atoms with E-state index < -0.39 is 11.5 Å². The zero-order chi connectivity index (χ0) is 21.6. The largest absolute Gasteiger partial charge is 0.464 e. The van der Waals surface area contributed by atoms with E-state index >= 15 is 0 Å². The lowest BCUT2D eigenvalue weighted by Gasteiger charge is -2.38. The van der Waals surface area contributed by atoms with Gasteiger partial charge >= 0.3 is 6.09 Å². The van der Waals surface area contributed by atoms with Crippen LogP contribution in [0.2, 0.25) is 0 Å². The van der Waals surface area contributed by atoms with E-state index in [2.05, 4.69) is 9.97 Å². The highest BCUT2D eigenvalue weighted by Gasteiger charge is 2.35. The Balaban J connectivity index is 1.63. The summed E-state index contributed by atoms with van der Waals surface area (Å²) in [6, 6.07) is 6.94. The fourth-order valence-electron chi connectivity index (χ4n) is 3.75. The lowest BCUT2D eigenvalue weighted by molar-refractivity contribution is -0.142. The number of hydrogen-bond donors (Lipinski definition) is 1. The fourth-order valence-corrected chi connectivity index (χ4v) is 3.75. The molecule has 0 aliphatic carbocycles. The molecule has 0 saturated carbocycles. The Morgan fingerprint density at radius 3 is 2.67 bits per heavy atom. The number of carbonyl (C=O) groups is 2. The molecule has 4 rings (SSSR count). The number of aromatic nitrogens is 3. The third-order valence-electron chi connectivity index (χ3n) is 5.33. The van der Waals surface area contributed by atoms with E-state index in [1.165, 1.54) is 12.5 Å². The number of fused-ring (bicyclic) bond motifs is 2. The van der Waals surface area contributed by atoms with Crippen molar-refractivity contribution < 1.29 is 19.4 Å². The second-order valence-electron chi connectivity index (χ2n) is 8.63. The van der Waals surface area contributed by atoms with Crippen LogP contribution in [0, 0.1) is 5.41 Å². The van der Waals surface area contributed by atoms with E-state index in [0.29, 0.717) is 30.1 Å². The van der Waals surface area contributed by atoms with Crippen LogP contribution in [0.4, 0.5) is 4.79 Å². The lowest BCUT2D eigenvalue weighted by Crippen LogP contribution is -2.47. The SMILES string of the molecule is CC1Cc2c(ncnc2Oc2ccc3c(ccn3C(=O)O)c2)CN1C(=O)C(C)(C)C. The number of rotatable bonds is 2. The van der Waals surface area contributed by atoms with Gasteiger partial charge in [-0.25, -0.2) is 14.8 Å². The Hall–Kier alpha value is -3.42. The van der Waals surface area contributed by atoms with Crippen molar-refractivity contribution in [3.8, 4) is 11.6 Å². The lowest BCUT2D eigenvalue weighted by atomic mass is 9.91. The molecule has 1 amide bonds. The van der Waals surface area contributed by atoms with Gasteiger partial charge in [0.15, 0.2) is 0 Å². The summed E-state index contributed by atoms with van der Waals surface area (Å²) in [5.74, 6) is 1.12. The number of carbonyl (C=O) groups excluding carboxylic acids is 1. The Labute approximate surface area is 174 Å². The van der Waals surface area contributed by atoms with Crippen LogP contribution in [0.5, 0.6) is 11.6 Å². The van der Waals surface area contributed by atoms with Gasteiger partial charge in [0.05, 0.1) is 17.8 Å². The Bertz CT molecular complexity index is 1150. The van der Waals surface area contributed by atoms with E-state index in [4.69, 9.17) is 4.74 Å². The van der Waals surface area contributed by atoms with Crippen LogP contribution in [-0.2, 0) is 17.8 Å². The molecule has 2 aromatic heterocycles. The summed E-state index contributed by atoms with van der Waals surface area (Å²) in [6.45, 7) is 8.19. The fraction of sp³-hybridized carbons (Fsp3) is 0.364. The first-order valence-electron chi connectivity index (χ1n) is 9.81. The monoisotopic (exact) mass is 408 g/mol. The van der Waals surface area contributed by atoms with Crippen molar-refractivity contribution >= 4 is 22.9 Å². The second kappa shape index (κ2) is 7.12. The molecule has 0 bridgehead atoms. The molecular weight excluding hydrogens is 384 g/mol. The molecule has 1 N–H and O–H groups in total. The van der Waals surface area contributed by atoms with Gasteiger partial charge in [-0.2, -0.15) is 0 Å². The number of hydrogen-bond acceptors (Lipinski definition) is 5. The molecule has 1 atom stereocenters. The summed E-state index contributed by atoms with van der Waals surface area (Å²) in [7, 11) is 0. The molecule has 1 aliphatic heterocycles. The summed E-state index contributed by atoms with van der Waals surface area (Å²) in [5.41, 5.74) is 1.81. The predicted molar refractivity (Wildman–Crippen MR) is 111 cm³/mol. The van der Waals surface area contributed by atoms with Crippen LogP contribution in [0.1, 0.15) is 39.0 Å². The van der Waals surface area contributed by atoms with Crippen molar-refractivity contribution in [2.45, 2.75) is 46.7 Å². The number of amides is 1. The topological polar surface area (TPSA) is 97.6 Å². The van der Waals surface area contributed by atoms with Crippen molar-refractivity contribution in [1.29, 1.82) is 0 Å². The van der Waals surface area contributed by atoms with Gasteiger partial charge in [0, 0.05) is 28.6 Å². The first kappa shape index (κ1) is 19.9. The molecule has 1 aliphatic rings. The average molecular weight is 408 g/mol. The first-order chi connectivity index (χ1) is 14.1. The minimum absolute atomic E-state index is 0.00431. The second-order valence-corrected chi connectivity index (χ2v) is 8.63. The van der Waals surface area contributed by atoms with E-state index in [1.807, 2.05) is 32.6 Å². The van der Waals surface area contributed by atoms with Crippen molar-refractivity contribution in [3.05, 3.63) is 48.0 Å². The van der Waals surface area contributed by atoms with Gasteiger partial charge in [-0.3, -0.25) is 9.36 Å². The van der Waals surface area contributed by atoms with Gasteiger partial charge in [0.25, 0.3) is 0 Å².